The van der Waals surface area contributed by atoms with E-state index in [-0.39, 0.29) is 24.4 Å². The van der Waals surface area contributed by atoms with Gasteiger partial charge in [-0.25, -0.2) is 0 Å². The highest BCUT2D eigenvalue weighted by molar-refractivity contribution is 5.99. The Balaban J connectivity index is 1.70. The number of carbonyl (C=O) groups is 2. The van der Waals surface area contributed by atoms with Gasteiger partial charge in [-0.3, -0.25) is 9.59 Å². The molecule has 1 heterocycles. The Morgan fingerprint density at radius 3 is 2.63 bits per heavy atom. The second-order valence-corrected chi connectivity index (χ2v) is 6.16. The third kappa shape index (κ3) is 4.21. The molecule has 1 aliphatic heterocycles. The number of ether oxygens (including phenoxy) is 1. The third-order valence-corrected chi connectivity index (χ3v) is 4.28. The Morgan fingerprint density at radius 2 is 1.93 bits per heavy atom. The number of nitrogens with zero attached hydrogens (tertiary/aromatic N) is 1. The molecular formula is C19H17F3N2O3. The predicted octanol–water partition coefficient (Wildman–Crippen LogP) is 3.25. The summed E-state index contributed by atoms with van der Waals surface area (Å²) in [6.07, 6.45) is -4.45. The highest BCUT2D eigenvalue weighted by atomic mass is 19.4. The highest BCUT2D eigenvalue weighted by Crippen LogP contribution is 2.30. The zero-order valence-corrected chi connectivity index (χ0v) is 14.4. The Bertz CT molecular complexity index is 867. The lowest BCUT2D eigenvalue weighted by Gasteiger charge is -2.18. The number of rotatable bonds is 4. The van der Waals surface area contributed by atoms with Crippen molar-refractivity contribution in [3.8, 4) is 5.75 Å². The van der Waals surface area contributed by atoms with Gasteiger partial charge < -0.3 is 15.0 Å². The molecule has 0 radical (unpaired) electrons. The monoisotopic (exact) mass is 378 g/mol. The number of alkyl halides is 3. The summed E-state index contributed by atoms with van der Waals surface area (Å²) in [4.78, 5) is 26.1. The van der Waals surface area contributed by atoms with Gasteiger partial charge in [-0.05, 0) is 30.3 Å². The van der Waals surface area contributed by atoms with Gasteiger partial charge in [0.2, 0.25) is 5.91 Å². The van der Waals surface area contributed by atoms with Gasteiger partial charge in [0, 0.05) is 30.3 Å². The van der Waals surface area contributed by atoms with E-state index in [9.17, 15) is 22.8 Å². The van der Waals surface area contributed by atoms with Gasteiger partial charge in [-0.15, -0.1) is 0 Å². The molecule has 0 spiro atoms. The molecule has 0 aromatic heterocycles. The van der Waals surface area contributed by atoms with Crippen LogP contribution in [0, 0.1) is 0 Å². The number of benzene rings is 2. The van der Waals surface area contributed by atoms with Crippen molar-refractivity contribution in [1.82, 2.24) is 5.32 Å². The summed E-state index contributed by atoms with van der Waals surface area (Å²) in [5.41, 5.74) is -0.358. The van der Waals surface area contributed by atoms with Crippen molar-refractivity contribution in [3.05, 3.63) is 59.7 Å². The molecule has 142 valence electrons. The molecule has 1 aliphatic rings. The van der Waals surface area contributed by atoms with Crippen LogP contribution in [0.3, 0.4) is 0 Å². The molecule has 0 aliphatic carbocycles. The molecule has 3 rings (SSSR count). The van der Waals surface area contributed by atoms with Gasteiger partial charge in [0.25, 0.3) is 5.91 Å². The number of anilines is 1. The molecule has 2 aromatic carbocycles. The van der Waals surface area contributed by atoms with Gasteiger partial charge in [0.15, 0.2) is 0 Å². The van der Waals surface area contributed by atoms with E-state index in [0.717, 1.165) is 12.1 Å². The average Bonchev–Trinajstić information content (AvgIpc) is 3.01. The van der Waals surface area contributed by atoms with Crippen molar-refractivity contribution in [3.63, 3.8) is 0 Å². The molecule has 27 heavy (non-hydrogen) atoms. The Kier molecular flexibility index (Phi) is 5.07. The van der Waals surface area contributed by atoms with Crippen LogP contribution in [0.4, 0.5) is 18.9 Å². The van der Waals surface area contributed by atoms with Crippen LogP contribution in [-0.2, 0) is 11.0 Å². The van der Waals surface area contributed by atoms with E-state index in [1.807, 2.05) is 0 Å². The van der Waals surface area contributed by atoms with E-state index >= 15 is 0 Å². The van der Waals surface area contributed by atoms with Crippen molar-refractivity contribution in [2.45, 2.75) is 18.6 Å². The number of nitrogens with one attached hydrogen (secondary N) is 1. The zero-order chi connectivity index (χ0) is 19.6. The fourth-order valence-electron chi connectivity index (χ4n) is 2.94. The molecule has 8 heteroatoms. The third-order valence-electron chi connectivity index (χ3n) is 4.28. The highest BCUT2D eigenvalue weighted by Gasteiger charge is 2.33. The number of hydrogen-bond acceptors (Lipinski definition) is 3. The van der Waals surface area contributed by atoms with Crippen LogP contribution in [0.1, 0.15) is 22.3 Å². The van der Waals surface area contributed by atoms with E-state index in [1.165, 1.54) is 24.1 Å². The van der Waals surface area contributed by atoms with Crippen molar-refractivity contribution < 1.29 is 27.5 Å². The maximum Gasteiger partial charge on any atom is 0.416 e. The summed E-state index contributed by atoms with van der Waals surface area (Å²) in [7, 11) is 1.52. The quantitative estimate of drug-likeness (QED) is 0.889. The largest absolute Gasteiger partial charge is 0.497 e. The molecule has 0 bridgehead atoms. The summed E-state index contributed by atoms with van der Waals surface area (Å²) in [5.74, 6) is -0.235. The summed E-state index contributed by atoms with van der Waals surface area (Å²) in [6, 6.07) is 10.6. The van der Waals surface area contributed by atoms with Crippen LogP contribution in [0.5, 0.6) is 5.75 Å². The Morgan fingerprint density at radius 1 is 1.19 bits per heavy atom. The van der Waals surface area contributed by atoms with E-state index in [1.54, 1.807) is 24.3 Å². The molecule has 2 aromatic rings. The summed E-state index contributed by atoms with van der Waals surface area (Å²) < 4.78 is 43.5. The van der Waals surface area contributed by atoms with Crippen LogP contribution < -0.4 is 15.0 Å². The van der Waals surface area contributed by atoms with Crippen molar-refractivity contribution in [2.75, 3.05) is 18.6 Å². The van der Waals surface area contributed by atoms with Gasteiger partial charge in [-0.2, -0.15) is 13.2 Å². The van der Waals surface area contributed by atoms with Gasteiger partial charge >= 0.3 is 6.18 Å². The van der Waals surface area contributed by atoms with Crippen LogP contribution >= 0.6 is 0 Å². The second kappa shape index (κ2) is 7.30. The number of halogens is 3. The number of amides is 2. The summed E-state index contributed by atoms with van der Waals surface area (Å²) in [5, 5.41) is 2.63. The average molecular weight is 378 g/mol. The van der Waals surface area contributed by atoms with E-state index < -0.39 is 23.7 Å². The minimum absolute atomic E-state index is 0.0713. The lowest BCUT2D eigenvalue weighted by molar-refractivity contribution is -0.137. The van der Waals surface area contributed by atoms with Crippen LogP contribution in [-0.4, -0.2) is 31.5 Å². The van der Waals surface area contributed by atoms with Crippen molar-refractivity contribution in [2.24, 2.45) is 0 Å². The zero-order valence-electron chi connectivity index (χ0n) is 14.4. The van der Waals surface area contributed by atoms with Crippen molar-refractivity contribution >= 4 is 17.5 Å². The second-order valence-electron chi connectivity index (χ2n) is 6.16. The van der Waals surface area contributed by atoms with Crippen molar-refractivity contribution in [1.29, 1.82) is 0 Å². The topological polar surface area (TPSA) is 58.6 Å². The first-order valence-electron chi connectivity index (χ1n) is 8.20. The molecule has 5 nitrogen and oxygen atoms in total. The van der Waals surface area contributed by atoms with E-state index in [0.29, 0.717) is 11.4 Å². The normalized spacial score (nSPS) is 17.1. The molecule has 0 saturated carbocycles. The molecule has 2 amide bonds. The molecular weight excluding hydrogens is 361 g/mol. The Labute approximate surface area is 153 Å². The minimum atomic E-state index is -4.53. The maximum atomic E-state index is 12.8. The van der Waals surface area contributed by atoms with Gasteiger partial charge in [-0.1, -0.05) is 12.1 Å². The number of hydrogen-bond donors (Lipinski definition) is 1. The lowest BCUT2D eigenvalue weighted by atomic mass is 10.1. The summed E-state index contributed by atoms with van der Waals surface area (Å²) >= 11 is 0. The fourth-order valence-corrected chi connectivity index (χ4v) is 2.94. The van der Waals surface area contributed by atoms with Crippen LogP contribution in [0.15, 0.2) is 48.5 Å². The van der Waals surface area contributed by atoms with Gasteiger partial charge in [0.1, 0.15) is 5.75 Å². The van der Waals surface area contributed by atoms with Crippen LogP contribution in [0.2, 0.25) is 0 Å². The maximum absolute atomic E-state index is 12.8. The minimum Gasteiger partial charge on any atom is -0.497 e. The predicted molar refractivity (Wildman–Crippen MR) is 92.7 cm³/mol. The molecule has 1 saturated heterocycles. The molecule has 1 fully saturated rings. The standard InChI is InChI=1S/C19H17F3N2O3/c1-27-16-7-3-6-15(10-16)24-11-14(9-17(24)25)23-18(26)12-4-2-5-13(8-12)19(20,21)22/h2-8,10,14H,9,11H2,1H3,(H,23,26)/t14-/m0/s1. The molecule has 0 unspecified atom stereocenters. The smallest absolute Gasteiger partial charge is 0.416 e. The molecule has 1 atom stereocenters. The first-order chi connectivity index (χ1) is 12.8. The fraction of sp³-hybridized carbons (Fsp3) is 0.263. The van der Waals surface area contributed by atoms with Crippen LogP contribution in [0.25, 0.3) is 0 Å². The van der Waals surface area contributed by atoms with E-state index in [4.69, 9.17) is 4.74 Å². The summed E-state index contributed by atoms with van der Waals surface area (Å²) in [6.45, 7) is 0.233. The Hall–Kier alpha value is -3.03. The SMILES string of the molecule is COc1cccc(N2C[C@@H](NC(=O)c3cccc(C(F)(F)F)c3)CC2=O)c1. The number of methoxy groups -OCH3 is 1. The number of carbonyl (C=O) groups excluding carboxylic acids is 2. The molecule has 1 N–H and O–H groups in total. The van der Waals surface area contributed by atoms with Gasteiger partial charge in [0.05, 0.1) is 18.7 Å². The lowest BCUT2D eigenvalue weighted by Crippen LogP contribution is -2.37. The first kappa shape index (κ1) is 18.8. The van der Waals surface area contributed by atoms with E-state index in [2.05, 4.69) is 5.32 Å². The first-order valence-corrected chi connectivity index (χ1v) is 8.20.